The molecule has 0 atom stereocenters. The van der Waals surface area contributed by atoms with E-state index in [4.69, 9.17) is 0 Å². The summed E-state index contributed by atoms with van der Waals surface area (Å²) in [5.41, 5.74) is 0.0399. The van der Waals surface area contributed by atoms with E-state index in [2.05, 4.69) is 6.92 Å². The van der Waals surface area contributed by atoms with E-state index in [1.807, 2.05) is 13.8 Å². The average Bonchev–Trinajstić information content (AvgIpc) is 2.09. The first-order chi connectivity index (χ1) is 5.65. The molecule has 0 aromatic carbocycles. The number of Topliss-reactive ketones (excluding diaryl/α,β-unsaturated/α-hetero) is 1. The Bertz CT molecular complexity index is 132. The van der Waals surface area contributed by atoms with Crippen LogP contribution >= 0.6 is 0 Å². The minimum Gasteiger partial charge on any atom is -0.299 e. The summed E-state index contributed by atoms with van der Waals surface area (Å²) in [6, 6.07) is 0. The second kappa shape index (κ2) is 5.34. The van der Waals surface area contributed by atoms with Crippen molar-refractivity contribution in [1.29, 1.82) is 0 Å². The molecule has 0 radical (unpaired) electrons. The Morgan fingerprint density at radius 3 is 1.75 bits per heavy atom. The number of ketones is 1. The predicted octanol–water partition coefficient (Wildman–Crippen LogP) is 3.57. The zero-order chi connectivity index (χ0) is 9.61. The fourth-order valence-electron chi connectivity index (χ4n) is 1.68. The zero-order valence-corrected chi connectivity index (χ0v) is 8.94. The summed E-state index contributed by atoms with van der Waals surface area (Å²) in [4.78, 5) is 11.1. The van der Waals surface area contributed by atoms with Crippen LogP contribution in [0.5, 0.6) is 0 Å². The van der Waals surface area contributed by atoms with Crippen molar-refractivity contribution in [2.75, 3.05) is 0 Å². The summed E-state index contributed by atoms with van der Waals surface area (Å²) in [5, 5.41) is 0. The highest BCUT2D eigenvalue weighted by molar-refractivity contribution is 5.81. The highest BCUT2D eigenvalue weighted by Crippen LogP contribution is 2.36. The second-order valence-corrected chi connectivity index (χ2v) is 3.68. The maximum Gasteiger partial charge on any atom is 0.135 e. The lowest BCUT2D eigenvalue weighted by Crippen LogP contribution is -2.27. The van der Waals surface area contributed by atoms with Crippen molar-refractivity contribution in [2.24, 2.45) is 5.41 Å². The summed E-state index contributed by atoms with van der Waals surface area (Å²) in [6.45, 7) is 7.83. The Balaban J connectivity index is 0.000000561. The molecular weight excluding hydrogens is 148 g/mol. The Morgan fingerprint density at radius 2 is 1.50 bits per heavy atom. The summed E-state index contributed by atoms with van der Waals surface area (Å²) in [7, 11) is 0. The van der Waals surface area contributed by atoms with Gasteiger partial charge in [-0.3, -0.25) is 4.79 Å². The number of carbonyl (C=O) groups excluding carboxylic acids is 1. The lowest BCUT2D eigenvalue weighted by atomic mass is 9.73. The van der Waals surface area contributed by atoms with E-state index < -0.39 is 0 Å². The number of hydrogen-bond acceptors (Lipinski definition) is 1. The molecule has 1 heteroatoms. The zero-order valence-electron chi connectivity index (χ0n) is 8.94. The van der Waals surface area contributed by atoms with E-state index in [9.17, 15) is 4.79 Å². The van der Waals surface area contributed by atoms with Gasteiger partial charge in [-0.05, 0) is 19.8 Å². The third-order valence-electron chi connectivity index (χ3n) is 2.81. The van der Waals surface area contributed by atoms with Crippen molar-refractivity contribution < 1.29 is 4.79 Å². The molecule has 0 heterocycles. The third-order valence-corrected chi connectivity index (χ3v) is 2.81. The van der Waals surface area contributed by atoms with Crippen LogP contribution in [0.2, 0.25) is 0 Å². The first kappa shape index (κ1) is 11.7. The van der Waals surface area contributed by atoms with Gasteiger partial charge in [-0.1, -0.05) is 40.0 Å². The Labute approximate surface area is 76.6 Å². The lowest BCUT2D eigenvalue weighted by molar-refractivity contribution is -0.127. The first-order valence-electron chi connectivity index (χ1n) is 5.16. The highest BCUT2D eigenvalue weighted by atomic mass is 16.1. The van der Waals surface area contributed by atoms with Gasteiger partial charge in [0.05, 0.1) is 0 Å². The Hall–Kier alpha value is -0.330. The van der Waals surface area contributed by atoms with Crippen LogP contribution in [0.25, 0.3) is 0 Å². The van der Waals surface area contributed by atoms with Crippen molar-refractivity contribution in [3.05, 3.63) is 0 Å². The standard InChI is InChI=1S/C9H16O.C2H6/c1-8(10)9(2)6-4-3-5-7-9;1-2/h3-7H2,1-2H3;1-2H3. The number of hydrogen-bond donors (Lipinski definition) is 0. The van der Waals surface area contributed by atoms with Gasteiger partial charge < -0.3 is 0 Å². The molecule has 0 N–H and O–H groups in total. The molecule has 1 fully saturated rings. The van der Waals surface area contributed by atoms with E-state index in [0.29, 0.717) is 5.78 Å². The van der Waals surface area contributed by atoms with Crippen LogP contribution < -0.4 is 0 Å². The lowest BCUT2D eigenvalue weighted by Gasteiger charge is -2.30. The van der Waals surface area contributed by atoms with Crippen molar-refractivity contribution in [2.45, 2.75) is 59.8 Å². The molecule has 0 amide bonds. The van der Waals surface area contributed by atoms with Crippen molar-refractivity contribution in [1.82, 2.24) is 0 Å². The average molecular weight is 170 g/mol. The van der Waals surface area contributed by atoms with Crippen molar-refractivity contribution in [3.63, 3.8) is 0 Å². The van der Waals surface area contributed by atoms with Crippen LogP contribution in [-0.2, 0) is 4.79 Å². The topological polar surface area (TPSA) is 17.1 Å². The van der Waals surface area contributed by atoms with Crippen LogP contribution in [0.3, 0.4) is 0 Å². The van der Waals surface area contributed by atoms with Crippen LogP contribution in [0.1, 0.15) is 59.8 Å². The summed E-state index contributed by atoms with van der Waals surface area (Å²) < 4.78 is 0. The molecule has 0 bridgehead atoms. The summed E-state index contributed by atoms with van der Waals surface area (Å²) in [5.74, 6) is 0.382. The van der Waals surface area contributed by atoms with E-state index >= 15 is 0 Å². The van der Waals surface area contributed by atoms with Crippen molar-refractivity contribution in [3.8, 4) is 0 Å². The first-order valence-corrected chi connectivity index (χ1v) is 5.16. The molecule has 0 saturated heterocycles. The molecule has 1 rings (SSSR count). The molecular formula is C11H22O. The van der Waals surface area contributed by atoms with Crippen molar-refractivity contribution >= 4 is 5.78 Å². The maximum atomic E-state index is 11.1. The van der Waals surface area contributed by atoms with Crippen LogP contribution in [-0.4, -0.2) is 5.78 Å². The van der Waals surface area contributed by atoms with Gasteiger partial charge in [0, 0.05) is 5.41 Å². The normalized spacial score (nSPS) is 20.7. The monoisotopic (exact) mass is 170 g/mol. The van der Waals surface area contributed by atoms with Gasteiger partial charge in [-0.25, -0.2) is 0 Å². The van der Waals surface area contributed by atoms with Crippen LogP contribution in [0, 0.1) is 5.41 Å². The van der Waals surface area contributed by atoms with E-state index in [1.54, 1.807) is 6.92 Å². The number of carbonyl (C=O) groups is 1. The number of rotatable bonds is 1. The minimum atomic E-state index is 0.0399. The fraction of sp³-hybridized carbons (Fsp3) is 0.909. The molecule has 0 aromatic rings. The molecule has 0 aliphatic heterocycles. The second-order valence-electron chi connectivity index (χ2n) is 3.68. The molecule has 1 aliphatic carbocycles. The molecule has 12 heavy (non-hydrogen) atoms. The molecule has 1 aliphatic rings. The van der Waals surface area contributed by atoms with Gasteiger partial charge in [0.25, 0.3) is 0 Å². The largest absolute Gasteiger partial charge is 0.299 e. The fourth-order valence-corrected chi connectivity index (χ4v) is 1.68. The van der Waals surface area contributed by atoms with E-state index in [1.165, 1.54) is 19.3 Å². The quantitative estimate of drug-likeness (QED) is 0.588. The van der Waals surface area contributed by atoms with Crippen LogP contribution in [0.15, 0.2) is 0 Å². The van der Waals surface area contributed by atoms with E-state index in [0.717, 1.165) is 12.8 Å². The molecule has 1 nitrogen and oxygen atoms in total. The van der Waals surface area contributed by atoms with Gasteiger partial charge in [0.1, 0.15) is 5.78 Å². The molecule has 1 saturated carbocycles. The van der Waals surface area contributed by atoms with Gasteiger partial charge in [-0.15, -0.1) is 0 Å². The minimum absolute atomic E-state index is 0.0399. The van der Waals surface area contributed by atoms with Gasteiger partial charge in [0.2, 0.25) is 0 Å². The Morgan fingerprint density at radius 1 is 1.08 bits per heavy atom. The SMILES string of the molecule is CC.CC(=O)C1(C)CCCCC1. The summed E-state index contributed by atoms with van der Waals surface area (Å²) >= 11 is 0. The molecule has 72 valence electrons. The highest BCUT2D eigenvalue weighted by Gasteiger charge is 2.30. The predicted molar refractivity (Wildman–Crippen MR) is 53.2 cm³/mol. The smallest absolute Gasteiger partial charge is 0.135 e. The molecule has 0 spiro atoms. The molecule has 0 unspecified atom stereocenters. The van der Waals surface area contributed by atoms with Crippen LogP contribution in [0.4, 0.5) is 0 Å². The molecule has 0 aromatic heterocycles. The van der Waals surface area contributed by atoms with E-state index in [-0.39, 0.29) is 5.41 Å². The maximum absolute atomic E-state index is 11.1. The van der Waals surface area contributed by atoms with Gasteiger partial charge >= 0.3 is 0 Å². The van der Waals surface area contributed by atoms with Gasteiger partial charge in [0.15, 0.2) is 0 Å². The third kappa shape index (κ3) is 2.96. The Kier molecular flexibility index (Phi) is 5.19. The van der Waals surface area contributed by atoms with Gasteiger partial charge in [-0.2, -0.15) is 0 Å². The summed E-state index contributed by atoms with van der Waals surface area (Å²) in [6.07, 6.45) is 6.04.